The van der Waals surface area contributed by atoms with Crippen LogP contribution in [0.5, 0.6) is 0 Å². The Morgan fingerprint density at radius 2 is 1.94 bits per heavy atom. The molecule has 0 spiro atoms. The minimum absolute atomic E-state index is 0.202. The SMILES string of the molecule is CC1COCCC1N[C@@H]1CC[C@@](C(=O)N2CCN(c3cncc(C(F)(F)F)c3)CC2)(C(C)C)C1. The Kier molecular flexibility index (Phi) is 7.43. The van der Waals surface area contributed by atoms with Crippen LogP contribution in [0.4, 0.5) is 18.9 Å². The van der Waals surface area contributed by atoms with E-state index >= 15 is 0 Å². The second kappa shape index (κ2) is 10.0. The van der Waals surface area contributed by atoms with Gasteiger partial charge in [-0.15, -0.1) is 0 Å². The lowest BCUT2D eigenvalue weighted by molar-refractivity contribution is -0.145. The van der Waals surface area contributed by atoms with Crippen molar-refractivity contribution in [2.45, 2.75) is 64.7 Å². The van der Waals surface area contributed by atoms with Gasteiger partial charge in [0.2, 0.25) is 5.91 Å². The number of aromatic nitrogens is 1. The third kappa shape index (κ3) is 5.20. The molecule has 6 nitrogen and oxygen atoms in total. The van der Waals surface area contributed by atoms with Crippen LogP contribution in [-0.4, -0.2) is 67.3 Å². The van der Waals surface area contributed by atoms with Crippen LogP contribution in [0.1, 0.15) is 52.0 Å². The van der Waals surface area contributed by atoms with Gasteiger partial charge in [0.05, 0.1) is 29.5 Å². The Morgan fingerprint density at radius 3 is 2.59 bits per heavy atom. The largest absolute Gasteiger partial charge is 0.417 e. The fourth-order valence-electron chi connectivity index (χ4n) is 5.85. The van der Waals surface area contributed by atoms with Crippen molar-refractivity contribution in [1.82, 2.24) is 15.2 Å². The first-order chi connectivity index (χ1) is 16.1. The zero-order chi connectivity index (χ0) is 24.5. The van der Waals surface area contributed by atoms with Crippen LogP contribution in [0.3, 0.4) is 0 Å². The van der Waals surface area contributed by atoms with E-state index in [0.29, 0.717) is 49.9 Å². The molecule has 1 N–H and O–H groups in total. The molecule has 3 heterocycles. The molecule has 34 heavy (non-hydrogen) atoms. The summed E-state index contributed by atoms with van der Waals surface area (Å²) in [6, 6.07) is 1.90. The van der Waals surface area contributed by atoms with Gasteiger partial charge in [0.15, 0.2) is 0 Å². The average molecular weight is 483 g/mol. The topological polar surface area (TPSA) is 57.7 Å². The molecule has 3 fully saturated rings. The summed E-state index contributed by atoms with van der Waals surface area (Å²) in [6.45, 7) is 10.1. The molecule has 3 aliphatic rings. The van der Waals surface area contributed by atoms with Crippen LogP contribution >= 0.6 is 0 Å². The van der Waals surface area contributed by atoms with Gasteiger partial charge in [0.1, 0.15) is 0 Å². The van der Waals surface area contributed by atoms with Gasteiger partial charge in [0, 0.05) is 51.1 Å². The van der Waals surface area contributed by atoms with Crippen LogP contribution < -0.4 is 10.2 Å². The molecule has 9 heteroatoms. The van der Waals surface area contributed by atoms with Gasteiger partial charge in [-0.3, -0.25) is 9.78 Å². The van der Waals surface area contributed by atoms with Crippen LogP contribution in [0.2, 0.25) is 0 Å². The number of nitrogens with one attached hydrogen (secondary N) is 1. The van der Waals surface area contributed by atoms with E-state index in [1.54, 1.807) is 0 Å². The number of rotatable bonds is 5. The second-order valence-electron chi connectivity index (χ2n) is 10.6. The first kappa shape index (κ1) is 25.2. The maximum atomic E-state index is 13.8. The van der Waals surface area contributed by atoms with Gasteiger partial charge in [-0.1, -0.05) is 20.8 Å². The molecule has 190 valence electrons. The summed E-state index contributed by atoms with van der Waals surface area (Å²) in [5.74, 6) is 0.898. The predicted molar refractivity (Wildman–Crippen MR) is 124 cm³/mol. The number of pyridine rings is 1. The number of anilines is 1. The number of hydrogen-bond acceptors (Lipinski definition) is 5. The van der Waals surface area contributed by atoms with E-state index in [1.165, 1.54) is 6.20 Å². The molecule has 1 aliphatic carbocycles. The van der Waals surface area contributed by atoms with Crippen molar-refractivity contribution in [3.63, 3.8) is 0 Å². The Bertz CT molecular complexity index is 857. The molecule has 4 atom stereocenters. The first-order valence-corrected chi connectivity index (χ1v) is 12.5. The normalized spacial score (nSPS) is 30.7. The second-order valence-corrected chi connectivity index (χ2v) is 10.6. The monoisotopic (exact) mass is 482 g/mol. The van der Waals surface area contributed by atoms with Gasteiger partial charge in [0.25, 0.3) is 0 Å². The number of hydrogen-bond donors (Lipinski definition) is 1. The zero-order valence-corrected chi connectivity index (χ0v) is 20.4. The molecule has 0 aromatic carbocycles. The van der Waals surface area contributed by atoms with E-state index in [2.05, 4.69) is 31.1 Å². The Balaban J connectivity index is 1.38. The van der Waals surface area contributed by atoms with Gasteiger partial charge in [-0.05, 0) is 43.6 Å². The van der Waals surface area contributed by atoms with Crippen molar-refractivity contribution in [2.24, 2.45) is 17.3 Å². The van der Waals surface area contributed by atoms with Gasteiger partial charge in [-0.2, -0.15) is 13.2 Å². The zero-order valence-electron chi connectivity index (χ0n) is 20.4. The quantitative estimate of drug-likeness (QED) is 0.689. The molecule has 1 aromatic rings. The Morgan fingerprint density at radius 1 is 1.21 bits per heavy atom. The van der Waals surface area contributed by atoms with E-state index in [-0.39, 0.29) is 17.2 Å². The van der Waals surface area contributed by atoms with Gasteiger partial charge >= 0.3 is 6.18 Å². The van der Waals surface area contributed by atoms with Crippen molar-refractivity contribution >= 4 is 11.6 Å². The maximum Gasteiger partial charge on any atom is 0.417 e. The molecule has 1 aromatic heterocycles. The highest BCUT2D eigenvalue weighted by Crippen LogP contribution is 2.46. The molecule has 0 radical (unpaired) electrons. The molecular formula is C25H37F3N4O2. The van der Waals surface area contributed by atoms with E-state index < -0.39 is 11.7 Å². The minimum atomic E-state index is -4.42. The molecule has 2 aliphatic heterocycles. The van der Waals surface area contributed by atoms with Crippen LogP contribution in [0.25, 0.3) is 0 Å². The molecule has 2 unspecified atom stereocenters. The fraction of sp³-hybridized carbons (Fsp3) is 0.760. The van der Waals surface area contributed by atoms with E-state index in [1.807, 2.05) is 9.80 Å². The molecule has 4 rings (SSSR count). The Labute approximate surface area is 200 Å². The highest BCUT2D eigenvalue weighted by Gasteiger charge is 2.50. The van der Waals surface area contributed by atoms with E-state index in [4.69, 9.17) is 4.74 Å². The predicted octanol–water partition coefficient (Wildman–Crippen LogP) is 3.96. The summed E-state index contributed by atoms with van der Waals surface area (Å²) in [5.41, 5.74) is -0.673. The number of amides is 1. The van der Waals surface area contributed by atoms with Crippen molar-refractivity contribution in [3.05, 3.63) is 24.0 Å². The lowest BCUT2D eigenvalue weighted by Gasteiger charge is -2.42. The number of piperazine rings is 1. The number of halogens is 3. The molecule has 1 saturated carbocycles. The summed E-state index contributed by atoms with van der Waals surface area (Å²) < 4.78 is 44.8. The summed E-state index contributed by atoms with van der Waals surface area (Å²) >= 11 is 0. The lowest BCUT2D eigenvalue weighted by Crippen LogP contribution is -2.54. The lowest BCUT2D eigenvalue weighted by atomic mass is 9.74. The van der Waals surface area contributed by atoms with Crippen molar-refractivity contribution in [1.29, 1.82) is 0 Å². The van der Waals surface area contributed by atoms with E-state index in [0.717, 1.165) is 51.2 Å². The van der Waals surface area contributed by atoms with Crippen LogP contribution in [-0.2, 0) is 15.7 Å². The molecule has 0 bridgehead atoms. The van der Waals surface area contributed by atoms with E-state index in [9.17, 15) is 18.0 Å². The number of ether oxygens (including phenoxy) is 1. The summed E-state index contributed by atoms with van der Waals surface area (Å²) in [7, 11) is 0. The van der Waals surface area contributed by atoms with Crippen molar-refractivity contribution in [3.8, 4) is 0 Å². The highest BCUT2D eigenvalue weighted by atomic mass is 19.4. The maximum absolute atomic E-state index is 13.8. The summed E-state index contributed by atoms with van der Waals surface area (Å²) in [6.07, 6.45) is 1.60. The van der Waals surface area contributed by atoms with Crippen molar-refractivity contribution < 1.29 is 22.7 Å². The van der Waals surface area contributed by atoms with Crippen molar-refractivity contribution in [2.75, 3.05) is 44.3 Å². The standard InChI is InChI=1S/C25H37F3N4O2/c1-17(2)24(6-4-20(13-24)30-22-5-11-34-16-18(22)3)23(33)32-9-7-31(8-10-32)21-12-19(14-29-15-21)25(26,27)28/h12,14-15,17-18,20,22,30H,4-11,13,16H2,1-3H3/t18?,20-,22?,24+/m1/s1. The van der Waals surface area contributed by atoms with Gasteiger partial charge < -0.3 is 19.9 Å². The first-order valence-electron chi connectivity index (χ1n) is 12.5. The average Bonchev–Trinajstić information content (AvgIpc) is 3.25. The number of nitrogens with zero attached hydrogens (tertiary/aromatic N) is 3. The van der Waals surface area contributed by atoms with Crippen LogP contribution in [0, 0.1) is 17.3 Å². The highest BCUT2D eigenvalue weighted by molar-refractivity contribution is 5.84. The third-order valence-corrected chi connectivity index (χ3v) is 8.15. The summed E-state index contributed by atoms with van der Waals surface area (Å²) in [4.78, 5) is 21.4. The molecule has 1 amide bonds. The molecular weight excluding hydrogens is 445 g/mol. The smallest absolute Gasteiger partial charge is 0.381 e. The minimum Gasteiger partial charge on any atom is -0.381 e. The number of carbonyl (C=O) groups is 1. The number of carbonyl (C=O) groups excluding carboxylic acids is 1. The fourth-order valence-corrected chi connectivity index (χ4v) is 5.85. The van der Waals surface area contributed by atoms with Gasteiger partial charge in [-0.25, -0.2) is 0 Å². The third-order valence-electron chi connectivity index (χ3n) is 8.15. The molecule has 2 saturated heterocycles. The Hall–Kier alpha value is -1.87. The summed E-state index contributed by atoms with van der Waals surface area (Å²) in [5, 5.41) is 3.82. The number of alkyl halides is 3. The van der Waals surface area contributed by atoms with Crippen LogP contribution in [0.15, 0.2) is 18.5 Å².